The van der Waals surface area contributed by atoms with Crippen molar-refractivity contribution in [1.29, 1.82) is 0 Å². The first-order valence-electron chi connectivity index (χ1n) is 5.52. The lowest BCUT2D eigenvalue weighted by Crippen LogP contribution is -2.14. The van der Waals surface area contributed by atoms with Gasteiger partial charge < -0.3 is 4.74 Å². The van der Waals surface area contributed by atoms with Gasteiger partial charge in [-0.3, -0.25) is 4.72 Å². The van der Waals surface area contributed by atoms with E-state index < -0.39 is 10.0 Å². The molecule has 0 aliphatic heterocycles. The first-order valence-corrected chi connectivity index (χ1v) is 7.88. The average Bonchev–Trinajstić information content (AvgIpc) is 2.74. The number of ether oxygens (including phenoxy) is 1. The Balaban J connectivity index is 2.41. The molecule has 0 aliphatic rings. The molecule has 0 fully saturated rings. The van der Waals surface area contributed by atoms with Crippen molar-refractivity contribution in [3.63, 3.8) is 0 Å². The van der Waals surface area contributed by atoms with Crippen LogP contribution in [-0.2, 0) is 10.0 Å². The van der Waals surface area contributed by atoms with Crippen LogP contribution in [0.3, 0.4) is 0 Å². The summed E-state index contributed by atoms with van der Waals surface area (Å²) in [7, 11) is -2.25. The largest absolute Gasteiger partial charge is 0.495 e. The first kappa shape index (κ1) is 13.8. The van der Waals surface area contributed by atoms with Crippen LogP contribution in [0.1, 0.15) is 11.3 Å². The molecule has 1 aromatic carbocycles. The Kier molecular flexibility index (Phi) is 3.77. The van der Waals surface area contributed by atoms with Gasteiger partial charge in [-0.2, -0.15) is 0 Å². The van der Waals surface area contributed by atoms with Gasteiger partial charge >= 0.3 is 0 Å². The molecule has 0 saturated heterocycles. The van der Waals surface area contributed by atoms with Crippen molar-refractivity contribution in [3.8, 4) is 5.75 Å². The highest BCUT2D eigenvalue weighted by atomic mass is 32.2. The summed E-state index contributed by atoms with van der Waals surface area (Å²) in [5.74, 6) is 0.311. The van der Waals surface area contributed by atoms with Gasteiger partial charge in [-0.1, -0.05) is 6.07 Å². The standard InChI is InChI=1S/C12H14N2O3S2/c1-8-4-5-10(17-3)11(6-8)19(15,16)14-12-13-9(2)7-18-12/h4-7H,1-3H3,(H,13,14). The van der Waals surface area contributed by atoms with E-state index in [9.17, 15) is 8.42 Å². The summed E-state index contributed by atoms with van der Waals surface area (Å²) < 4.78 is 32.2. The van der Waals surface area contributed by atoms with E-state index in [1.54, 1.807) is 23.6 Å². The van der Waals surface area contributed by atoms with Crippen molar-refractivity contribution in [3.05, 3.63) is 34.8 Å². The summed E-state index contributed by atoms with van der Waals surface area (Å²) in [6, 6.07) is 5.00. The number of sulfonamides is 1. The lowest BCUT2D eigenvalue weighted by atomic mass is 10.2. The molecule has 0 spiro atoms. The number of anilines is 1. The number of aromatic nitrogens is 1. The Bertz CT molecular complexity index is 693. The van der Waals surface area contributed by atoms with Gasteiger partial charge in [0.05, 0.1) is 12.8 Å². The molecule has 0 aliphatic carbocycles. The van der Waals surface area contributed by atoms with Gasteiger partial charge in [0, 0.05) is 5.38 Å². The van der Waals surface area contributed by atoms with Crippen molar-refractivity contribution < 1.29 is 13.2 Å². The van der Waals surface area contributed by atoms with Crippen LogP contribution in [0, 0.1) is 13.8 Å². The van der Waals surface area contributed by atoms with Gasteiger partial charge in [0.25, 0.3) is 10.0 Å². The van der Waals surface area contributed by atoms with Crippen molar-refractivity contribution in [2.45, 2.75) is 18.7 Å². The highest BCUT2D eigenvalue weighted by Gasteiger charge is 2.20. The number of methoxy groups -OCH3 is 1. The van der Waals surface area contributed by atoms with Crippen LogP contribution in [0.15, 0.2) is 28.5 Å². The second kappa shape index (κ2) is 5.18. The summed E-state index contributed by atoms with van der Waals surface area (Å²) in [6.45, 7) is 3.63. The van der Waals surface area contributed by atoms with E-state index in [1.165, 1.54) is 18.4 Å². The Hall–Kier alpha value is -1.60. The Morgan fingerprint density at radius 1 is 1.32 bits per heavy atom. The third-order valence-corrected chi connectivity index (χ3v) is 4.81. The molecule has 2 rings (SSSR count). The fourth-order valence-corrected chi connectivity index (χ4v) is 3.76. The molecule has 0 atom stereocenters. The van der Waals surface area contributed by atoms with Gasteiger partial charge in [-0.15, -0.1) is 11.3 Å². The molecule has 19 heavy (non-hydrogen) atoms. The van der Waals surface area contributed by atoms with Crippen molar-refractivity contribution in [2.75, 3.05) is 11.8 Å². The average molecular weight is 298 g/mol. The Labute approximate surface area is 116 Å². The molecular formula is C12H14N2O3S2. The zero-order valence-corrected chi connectivity index (χ0v) is 12.4. The van der Waals surface area contributed by atoms with Crippen LogP contribution in [0.5, 0.6) is 5.75 Å². The molecule has 1 heterocycles. The number of aryl methyl sites for hydroxylation is 2. The highest BCUT2D eigenvalue weighted by molar-refractivity contribution is 7.93. The van der Waals surface area contributed by atoms with E-state index in [0.717, 1.165) is 11.3 Å². The summed E-state index contributed by atoms with van der Waals surface area (Å²) in [6.07, 6.45) is 0. The maximum absolute atomic E-state index is 12.3. The second-order valence-corrected chi connectivity index (χ2v) is 6.56. The van der Waals surface area contributed by atoms with Crippen LogP contribution in [0.2, 0.25) is 0 Å². The number of rotatable bonds is 4. The maximum atomic E-state index is 12.3. The Morgan fingerprint density at radius 3 is 2.63 bits per heavy atom. The van der Waals surface area contributed by atoms with Gasteiger partial charge in [0.2, 0.25) is 0 Å². The lowest BCUT2D eigenvalue weighted by molar-refractivity contribution is 0.402. The van der Waals surface area contributed by atoms with Crippen molar-refractivity contribution >= 4 is 26.5 Å². The van der Waals surface area contributed by atoms with E-state index in [1.807, 2.05) is 13.8 Å². The van der Waals surface area contributed by atoms with Crippen LogP contribution in [0.4, 0.5) is 5.13 Å². The van der Waals surface area contributed by atoms with Crippen LogP contribution >= 0.6 is 11.3 Å². The Morgan fingerprint density at radius 2 is 2.05 bits per heavy atom. The number of hydrogen-bond acceptors (Lipinski definition) is 5. The number of nitrogens with one attached hydrogen (secondary N) is 1. The molecule has 0 radical (unpaired) electrons. The van der Waals surface area contributed by atoms with E-state index in [4.69, 9.17) is 4.74 Å². The minimum Gasteiger partial charge on any atom is -0.495 e. The SMILES string of the molecule is COc1ccc(C)cc1S(=O)(=O)Nc1nc(C)cs1. The van der Waals surface area contributed by atoms with E-state index >= 15 is 0 Å². The van der Waals surface area contributed by atoms with Crippen molar-refractivity contribution in [1.82, 2.24) is 4.98 Å². The number of thiazole rings is 1. The van der Waals surface area contributed by atoms with Gasteiger partial charge in [0.1, 0.15) is 10.6 Å². The molecule has 0 unspecified atom stereocenters. The van der Waals surface area contributed by atoms with E-state index in [-0.39, 0.29) is 4.90 Å². The quantitative estimate of drug-likeness (QED) is 0.942. The lowest BCUT2D eigenvalue weighted by Gasteiger charge is -2.10. The van der Waals surface area contributed by atoms with E-state index in [0.29, 0.717) is 10.9 Å². The van der Waals surface area contributed by atoms with Crippen LogP contribution in [0.25, 0.3) is 0 Å². The maximum Gasteiger partial charge on any atom is 0.267 e. The molecule has 2 aromatic rings. The molecule has 0 amide bonds. The third-order valence-electron chi connectivity index (χ3n) is 2.45. The predicted octanol–water partition coefficient (Wildman–Crippen LogP) is 2.57. The minimum absolute atomic E-state index is 0.114. The van der Waals surface area contributed by atoms with Gasteiger partial charge in [-0.25, -0.2) is 13.4 Å². The minimum atomic E-state index is -3.69. The molecule has 0 bridgehead atoms. The number of benzene rings is 1. The molecule has 5 nitrogen and oxygen atoms in total. The topological polar surface area (TPSA) is 68.3 Å². The number of hydrogen-bond donors (Lipinski definition) is 1. The van der Waals surface area contributed by atoms with Gasteiger partial charge in [-0.05, 0) is 31.5 Å². The third kappa shape index (κ3) is 3.05. The molecule has 1 aromatic heterocycles. The first-order chi connectivity index (χ1) is 8.92. The van der Waals surface area contributed by atoms with Gasteiger partial charge in [0.15, 0.2) is 5.13 Å². The molecule has 7 heteroatoms. The monoisotopic (exact) mass is 298 g/mol. The molecule has 1 N–H and O–H groups in total. The normalized spacial score (nSPS) is 11.3. The second-order valence-electron chi connectivity index (χ2n) is 4.05. The van der Waals surface area contributed by atoms with E-state index in [2.05, 4.69) is 9.71 Å². The van der Waals surface area contributed by atoms with Crippen molar-refractivity contribution in [2.24, 2.45) is 0 Å². The highest BCUT2D eigenvalue weighted by Crippen LogP contribution is 2.27. The number of nitrogens with zero attached hydrogens (tertiary/aromatic N) is 1. The molecule has 102 valence electrons. The molecule has 0 saturated carbocycles. The van der Waals surface area contributed by atoms with Crippen LogP contribution in [-0.4, -0.2) is 20.5 Å². The summed E-state index contributed by atoms with van der Waals surface area (Å²) in [5, 5.41) is 2.13. The fourth-order valence-electron chi connectivity index (χ4n) is 1.56. The summed E-state index contributed by atoms with van der Waals surface area (Å²) in [4.78, 5) is 4.20. The predicted molar refractivity (Wildman–Crippen MR) is 75.4 cm³/mol. The smallest absolute Gasteiger partial charge is 0.267 e. The summed E-state index contributed by atoms with van der Waals surface area (Å²) >= 11 is 1.25. The molecular weight excluding hydrogens is 284 g/mol. The zero-order chi connectivity index (χ0) is 14.0. The summed E-state index contributed by atoms with van der Waals surface area (Å²) in [5.41, 5.74) is 1.62. The van der Waals surface area contributed by atoms with Crippen LogP contribution < -0.4 is 9.46 Å². The fraction of sp³-hybridized carbons (Fsp3) is 0.250. The zero-order valence-electron chi connectivity index (χ0n) is 10.8.